The third-order valence-electron chi connectivity index (χ3n) is 4.47. The Bertz CT molecular complexity index is 503. The summed E-state index contributed by atoms with van der Waals surface area (Å²) in [6, 6.07) is 0. The van der Waals surface area contributed by atoms with Crippen molar-refractivity contribution in [3.8, 4) is 0 Å². The average molecular weight is 352 g/mol. The number of aliphatic imine (C=N–C) groups is 1. The Balaban J connectivity index is 1.63. The van der Waals surface area contributed by atoms with Crippen molar-refractivity contribution >= 4 is 17.3 Å². The van der Waals surface area contributed by atoms with Crippen LogP contribution in [0, 0.1) is 11.8 Å². The van der Waals surface area contributed by atoms with Crippen molar-refractivity contribution < 1.29 is 0 Å². The SMILES string of the molecule is CCc1cnc(CNC(=NC)NCCCN2CC(C)CC(C)C2)s1. The molecule has 2 atom stereocenters. The first-order chi connectivity index (χ1) is 11.6. The van der Waals surface area contributed by atoms with Gasteiger partial charge in [0, 0.05) is 37.8 Å². The average Bonchev–Trinajstić information content (AvgIpc) is 3.01. The summed E-state index contributed by atoms with van der Waals surface area (Å²) < 4.78 is 0. The van der Waals surface area contributed by atoms with Crippen molar-refractivity contribution in [2.45, 2.75) is 46.6 Å². The van der Waals surface area contributed by atoms with Crippen LogP contribution in [0.4, 0.5) is 0 Å². The van der Waals surface area contributed by atoms with Crippen LogP contribution in [0.2, 0.25) is 0 Å². The molecule has 0 aliphatic carbocycles. The second-order valence-electron chi connectivity index (χ2n) is 6.99. The van der Waals surface area contributed by atoms with Gasteiger partial charge in [-0.05, 0) is 37.6 Å². The molecule has 0 aromatic carbocycles. The Morgan fingerprint density at radius 3 is 2.71 bits per heavy atom. The predicted octanol–water partition coefficient (Wildman–Crippen LogP) is 2.74. The van der Waals surface area contributed by atoms with Gasteiger partial charge in [-0.15, -0.1) is 11.3 Å². The van der Waals surface area contributed by atoms with Crippen LogP contribution in [0.25, 0.3) is 0 Å². The molecule has 24 heavy (non-hydrogen) atoms. The summed E-state index contributed by atoms with van der Waals surface area (Å²) in [6.45, 7) is 12.3. The number of nitrogens with one attached hydrogen (secondary N) is 2. The van der Waals surface area contributed by atoms with Crippen molar-refractivity contribution in [3.05, 3.63) is 16.1 Å². The van der Waals surface area contributed by atoms with Crippen molar-refractivity contribution in [1.29, 1.82) is 0 Å². The molecular weight excluding hydrogens is 318 g/mol. The minimum absolute atomic E-state index is 0.742. The van der Waals surface area contributed by atoms with E-state index in [4.69, 9.17) is 0 Å². The van der Waals surface area contributed by atoms with E-state index < -0.39 is 0 Å². The predicted molar refractivity (Wildman–Crippen MR) is 104 cm³/mol. The molecule has 0 spiro atoms. The minimum Gasteiger partial charge on any atom is -0.356 e. The molecule has 1 aromatic rings. The lowest BCUT2D eigenvalue weighted by atomic mass is 9.92. The van der Waals surface area contributed by atoms with Gasteiger partial charge in [-0.1, -0.05) is 20.8 Å². The van der Waals surface area contributed by atoms with E-state index in [2.05, 4.69) is 46.3 Å². The van der Waals surface area contributed by atoms with Crippen LogP contribution in [-0.2, 0) is 13.0 Å². The quantitative estimate of drug-likeness (QED) is 0.451. The summed E-state index contributed by atoms with van der Waals surface area (Å²) in [5.41, 5.74) is 0. The first-order valence-electron chi connectivity index (χ1n) is 9.21. The van der Waals surface area contributed by atoms with Crippen LogP contribution in [0.15, 0.2) is 11.2 Å². The molecule has 2 heterocycles. The smallest absolute Gasteiger partial charge is 0.191 e. The Morgan fingerprint density at radius 1 is 1.33 bits per heavy atom. The zero-order valence-corrected chi connectivity index (χ0v) is 16.5. The molecule has 136 valence electrons. The lowest BCUT2D eigenvalue weighted by molar-refractivity contribution is 0.140. The summed E-state index contributed by atoms with van der Waals surface area (Å²) in [6.07, 6.45) is 5.55. The van der Waals surface area contributed by atoms with Gasteiger partial charge in [-0.2, -0.15) is 0 Å². The molecule has 0 amide bonds. The van der Waals surface area contributed by atoms with E-state index in [0.717, 1.165) is 48.7 Å². The molecule has 1 aromatic heterocycles. The van der Waals surface area contributed by atoms with Crippen molar-refractivity contribution in [2.24, 2.45) is 16.8 Å². The summed E-state index contributed by atoms with van der Waals surface area (Å²) in [4.78, 5) is 12.7. The van der Waals surface area contributed by atoms with Crippen LogP contribution >= 0.6 is 11.3 Å². The van der Waals surface area contributed by atoms with Gasteiger partial charge in [0.2, 0.25) is 0 Å². The number of hydrogen-bond donors (Lipinski definition) is 2. The molecule has 6 heteroatoms. The summed E-state index contributed by atoms with van der Waals surface area (Å²) in [7, 11) is 1.82. The number of hydrogen-bond acceptors (Lipinski definition) is 4. The fourth-order valence-electron chi connectivity index (χ4n) is 3.46. The third kappa shape index (κ3) is 6.40. The third-order valence-corrected chi connectivity index (χ3v) is 5.61. The zero-order chi connectivity index (χ0) is 17.4. The summed E-state index contributed by atoms with van der Waals surface area (Å²) in [5.74, 6) is 2.54. The molecule has 0 bridgehead atoms. The molecule has 1 fully saturated rings. The maximum Gasteiger partial charge on any atom is 0.191 e. The van der Waals surface area contributed by atoms with E-state index in [1.54, 1.807) is 11.3 Å². The summed E-state index contributed by atoms with van der Waals surface area (Å²) >= 11 is 1.77. The highest BCUT2D eigenvalue weighted by molar-refractivity contribution is 7.11. The maximum atomic E-state index is 4.43. The minimum atomic E-state index is 0.742. The largest absolute Gasteiger partial charge is 0.356 e. The molecule has 5 nitrogen and oxygen atoms in total. The van der Waals surface area contributed by atoms with Crippen LogP contribution in [-0.4, -0.2) is 49.1 Å². The van der Waals surface area contributed by atoms with Crippen molar-refractivity contribution in [1.82, 2.24) is 20.5 Å². The van der Waals surface area contributed by atoms with Gasteiger partial charge in [0.1, 0.15) is 5.01 Å². The Morgan fingerprint density at radius 2 is 2.08 bits per heavy atom. The lowest BCUT2D eigenvalue weighted by Crippen LogP contribution is -2.41. The van der Waals surface area contributed by atoms with E-state index in [1.807, 2.05) is 13.2 Å². The summed E-state index contributed by atoms with van der Waals surface area (Å²) in [5, 5.41) is 7.88. The number of aromatic nitrogens is 1. The first-order valence-corrected chi connectivity index (χ1v) is 10.0. The Labute approximate surface area is 151 Å². The van der Waals surface area contributed by atoms with Crippen LogP contribution in [0.3, 0.4) is 0 Å². The highest BCUT2D eigenvalue weighted by atomic mass is 32.1. The second-order valence-corrected chi connectivity index (χ2v) is 8.19. The first kappa shape index (κ1) is 19.2. The highest BCUT2D eigenvalue weighted by Gasteiger charge is 2.20. The van der Waals surface area contributed by atoms with E-state index in [1.165, 1.54) is 30.9 Å². The number of piperidine rings is 1. The second kappa shape index (κ2) is 9.99. The zero-order valence-electron chi connectivity index (χ0n) is 15.6. The van der Waals surface area contributed by atoms with Gasteiger partial charge in [-0.25, -0.2) is 4.98 Å². The van der Waals surface area contributed by atoms with E-state index in [0.29, 0.717) is 0 Å². The van der Waals surface area contributed by atoms with Crippen LogP contribution in [0.5, 0.6) is 0 Å². The highest BCUT2D eigenvalue weighted by Crippen LogP contribution is 2.20. The fraction of sp³-hybridized carbons (Fsp3) is 0.778. The Kier molecular flexibility index (Phi) is 7.99. The van der Waals surface area contributed by atoms with Gasteiger partial charge in [0.15, 0.2) is 5.96 Å². The number of likely N-dealkylation sites (tertiary alicyclic amines) is 1. The number of thiazole rings is 1. The molecule has 0 saturated carbocycles. The molecule has 2 rings (SSSR count). The van der Waals surface area contributed by atoms with Gasteiger partial charge in [0.05, 0.1) is 6.54 Å². The van der Waals surface area contributed by atoms with Crippen LogP contribution in [0.1, 0.15) is 43.5 Å². The monoisotopic (exact) mass is 351 g/mol. The van der Waals surface area contributed by atoms with E-state index in [9.17, 15) is 0 Å². The lowest BCUT2D eigenvalue weighted by Gasteiger charge is -2.35. The topological polar surface area (TPSA) is 52.6 Å². The van der Waals surface area contributed by atoms with Gasteiger partial charge in [-0.3, -0.25) is 4.99 Å². The van der Waals surface area contributed by atoms with Crippen molar-refractivity contribution in [3.63, 3.8) is 0 Å². The van der Waals surface area contributed by atoms with Crippen molar-refractivity contribution in [2.75, 3.05) is 33.2 Å². The molecule has 1 saturated heterocycles. The van der Waals surface area contributed by atoms with Gasteiger partial charge < -0.3 is 15.5 Å². The number of aryl methyl sites for hydroxylation is 1. The van der Waals surface area contributed by atoms with Gasteiger partial charge >= 0.3 is 0 Å². The Hall–Kier alpha value is -1.14. The normalized spacial score (nSPS) is 22.6. The van der Waals surface area contributed by atoms with E-state index >= 15 is 0 Å². The molecule has 1 aliphatic heterocycles. The van der Waals surface area contributed by atoms with E-state index in [-0.39, 0.29) is 0 Å². The number of guanidine groups is 1. The molecule has 0 radical (unpaired) electrons. The van der Waals surface area contributed by atoms with Crippen LogP contribution < -0.4 is 10.6 Å². The molecular formula is C18H33N5S. The maximum absolute atomic E-state index is 4.43. The molecule has 1 aliphatic rings. The number of rotatable bonds is 7. The molecule has 2 N–H and O–H groups in total. The standard InChI is InChI=1S/C18H33N5S/c1-5-16-10-21-17(24-16)11-22-18(19-4)20-7-6-8-23-12-14(2)9-15(3)13-23/h10,14-15H,5-9,11-13H2,1-4H3,(H2,19,20,22). The number of nitrogens with zero attached hydrogens (tertiary/aromatic N) is 3. The van der Waals surface area contributed by atoms with Gasteiger partial charge in [0.25, 0.3) is 0 Å². The fourth-order valence-corrected chi connectivity index (χ4v) is 4.26. The molecule has 2 unspecified atom stereocenters.